The molecule has 6 heteroatoms. The quantitative estimate of drug-likeness (QED) is 0.883. The Morgan fingerprint density at radius 2 is 1.95 bits per heavy atom. The maximum Gasteiger partial charge on any atom is 0.259 e. The molecule has 1 heterocycles. The van der Waals surface area contributed by atoms with Crippen molar-refractivity contribution in [1.82, 2.24) is 10.2 Å². The van der Waals surface area contributed by atoms with Gasteiger partial charge >= 0.3 is 0 Å². The lowest BCUT2D eigenvalue weighted by atomic mass is 10.1. The summed E-state index contributed by atoms with van der Waals surface area (Å²) in [7, 11) is 0. The third kappa shape index (κ3) is 2.60. The Labute approximate surface area is 121 Å². The summed E-state index contributed by atoms with van der Waals surface area (Å²) in [5.74, 6) is -0.279. The molecule has 2 aromatic rings. The third-order valence-electron chi connectivity index (χ3n) is 2.88. The topological polar surface area (TPSA) is 57.8 Å². The number of amides is 1. The van der Waals surface area contributed by atoms with Gasteiger partial charge in [-0.15, -0.1) is 0 Å². The molecule has 0 atom stereocenters. The lowest BCUT2D eigenvalue weighted by Gasteiger charge is -2.11. The number of benzene rings is 1. The summed E-state index contributed by atoms with van der Waals surface area (Å²) in [6.45, 7) is 5.40. The Balaban J connectivity index is 2.38. The summed E-state index contributed by atoms with van der Waals surface area (Å²) in [4.78, 5) is 12.2. The van der Waals surface area contributed by atoms with E-state index in [1.807, 2.05) is 6.92 Å². The molecule has 0 aliphatic carbocycles. The normalized spacial score (nSPS) is 10.6. The van der Waals surface area contributed by atoms with E-state index in [4.69, 9.17) is 23.2 Å². The number of H-pyrrole nitrogens is 1. The smallest absolute Gasteiger partial charge is 0.259 e. The van der Waals surface area contributed by atoms with Crippen molar-refractivity contribution in [3.63, 3.8) is 0 Å². The molecule has 0 aliphatic heterocycles. The molecule has 0 fully saturated rings. The first-order valence-corrected chi connectivity index (χ1v) is 6.45. The van der Waals surface area contributed by atoms with Gasteiger partial charge in [0.25, 0.3) is 5.91 Å². The highest BCUT2D eigenvalue weighted by molar-refractivity contribution is 6.40. The van der Waals surface area contributed by atoms with Gasteiger partial charge in [0.2, 0.25) is 0 Å². The van der Waals surface area contributed by atoms with E-state index >= 15 is 0 Å². The predicted molar refractivity (Wildman–Crippen MR) is 77.2 cm³/mol. The van der Waals surface area contributed by atoms with Crippen molar-refractivity contribution in [3.8, 4) is 0 Å². The van der Waals surface area contributed by atoms with Gasteiger partial charge in [-0.1, -0.05) is 29.3 Å². The van der Waals surface area contributed by atoms with Crippen LogP contribution in [0.25, 0.3) is 0 Å². The van der Waals surface area contributed by atoms with Crippen molar-refractivity contribution in [2.75, 3.05) is 5.32 Å². The number of nitrogens with zero attached hydrogens (tertiary/aromatic N) is 1. The van der Waals surface area contributed by atoms with Gasteiger partial charge in [-0.3, -0.25) is 9.89 Å². The number of rotatable bonds is 2. The minimum atomic E-state index is -0.279. The second-order valence-corrected chi connectivity index (χ2v) is 5.10. The maximum absolute atomic E-state index is 12.2. The number of aromatic amines is 1. The summed E-state index contributed by atoms with van der Waals surface area (Å²) in [6.07, 6.45) is 0. The number of nitrogens with one attached hydrogen (secondary N) is 2. The zero-order valence-electron chi connectivity index (χ0n) is 10.8. The summed E-state index contributed by atoms with van der Waals surface area (Å²) < 4.78 is 0. The Bertz CT molecular complexity index is 630. The summed E-state index contributed by atoms with van der Waals surface area (Å²) in [5.41, 5.74) is 3.12. The number of halogens is 2. The van der Waals surface area contributed by atoms with E-state index < -0.39 is 0 Å². The minimum Gasteiger partial charge on any atom is -0.319 e. The third-order valence-corrected chi connectivity index (χ3v) is 3.68. The first-order valence-electron chi connectivity index (χ1n) is 5.69. The molecule has 0 unspecified atom stereocenters. The van der Waals surface area contributed by atoms with Crippen molar-refractivity contribution in [1.29, 1.82) is 0 Å². The van der Waals surface area contributed by atoms with Crippen molar-refractivity contribution in [2.45, 2.75) is 20.8 Å². The van der Waals surface area contributed by atoms with E-state index in [0.717, 1.165) is 5.56 Å². The molecule has 2 rings (SSSR count). The van der Waals surface area contributed by atoms with Crippen LogP contribution in [-0.4, -0.2) is 16.1 Å². The summed E-state index contributed by atoms with van der Waals surface area (Å²) in [6, 6.07) is 3.50. The molecule has 0 aliphatic rings. The van der Waals surface area contributed by atoms with E-state index in [2.05, 4.69) is 15.5 Å². The predicted octanol–water partition coefficient (Wildman–Crippen LogP) is 3.89. The SMILES string of the molecule is Cc1ccc(Cl)c(NC(=O)c2c(C)n[nH]c2C)c1Cl. The fourth-order valence-corrected chi connectivity index (χ4v) is 2.30. The Hall–Kier alpha value is -1.52. The molecule has 2 N–H and O–H groups in total. The van der Waals surface area contributed by atoms with E-state index in [-0.39, 0.29) is 5.91 Å². The van der Waals surface area contributed by atoms with Crippen molar-refractivity contribution in [2.24, 2.45) is 0 Å². The first kappa shape index (κ1) is 13.9. The van der Waals surface area contributed by atoms with Gasteiger partial charge < -0.3 is 5.32 Å². The zero-order chi connectivity index (χ0) is 14.2. The van der Waals surface area contributed by atoms with Crippen LogP contribution in [0, 0.1) is 20.8 Å². The van der Waals surface area contributed by atoms with Crippen molar-refractivity contribution in [3.05, 3.63) is 44.7 Å². The Morgan fingerprint density at radius 1 is 1.26 bits per heavy atom. The molecule has 4 nitrogen and oxygen atoms in total. The lowest BCUT2D eigenvalue weighted by Crippen LogP contribution is -2.14. The lowest BCUT2D eigenvalue weighted by molar-refractivity contribution is 0.102. The molecule has 0 saturated heterocycles. The standard InChI is InChI=1S/C13H13Cl2N3O/c1-6-4-5-9(14)12(11(6)15)16-13(19)10-7(2)17-18-8(10)3/h4-5H,1-3H3,(H,16,19)(H,17,18). The second-order valence-electron chi connectivity index (χ2n) is 4.32. The summed E-state index contributed by atoms with van der Waals surface area (Å²) in [5, 5.41) is 10.3. The van der Waals surface area contributed by atoms with Gasteiger partial charge in [0.15, 0.2) is 0 Å². The molecule has 0 radical (unpaired) electrons. The van der Waals surface area contributed by atoms with E-state index in [0.29, 0.717) is 32.7 Å². The van der Waals surface area contributed by atoms with Crippen LogP contribution in [-0.2, 0) is 0 Å². The number of carbonyl (C=O) groups is 1. The van der Waals surface area contributed by atoms with E-state index in [9.17, 15) is 4.79 Å². The van der Waals surface area contributed by atoms with Gasteiger partial charge in [0, 0.05) is 5.69 Å². The van der Waals surface area contributed by atoms with Crippen molar-refractivity contribution >= 4 is 34.8 Å². The number of carbonyl (C=O) groups excluding carboxylic acids is 1. The largest absolute Gasteiger partial charge is 0.319 e. The van der Waals surface area contributed by atoms with Crippen LogP contribution in [0.4, 0.5) is 5.69 Å². The van der Waals surface area contributed by atoms with E-state index in [1.54, 1.807) is 26.0 Å². The van der Waals surface area contributed by atoms with Crippen LogP contribution in [0.2, 0.25) is 10.0 Å². The monoisotopic (exact) mass is 297 g/mol. The molecular formula is C13H13Cl2N3O. The molecule has 1 amide bonds. The maximum atomic E-state index is 12.2. The molecule has 100 valence electrons. The fourth-order valence-electron chi connectivity index (χ4n) is 1.83. The highest BCUT2D eigenvalue weighted by Crippen LogP contribution is 2.33. The van der Waals surface area contributed by atoms with Crippen LogP contribution in [0.5, 0.6) is 0 Å². The fraction of sp³-hybridized carbons (Fsp3) is 0.231. The minimum absolute atomic E-state index is 0.279. The van der Waals surface area contributed by atoms with Crippen LogP contribution >= 0.6 is 23.2 Å². The highest BCUT2D eigenvalue weighted by atomic mass is 35.5. The van der Waals surface area contributed by atoms with E-state index in [1.165, 1.54) is 0 Å². The van der Waals surface area contributed by atoms with Crippen LogP contribution in [0.3, 0.4) is 0 Å². The first-order chi connectivity index (χ1) is 8.91. The number of anilines is 1. The number of aryl methyl sites for hydroxylation is 3. The Kier molecular flexibility index (Phi) is 3.83. The molecular weight excluding hydrogens is 285 g/mol. The van der Waals surface area contributed by atoms with Crippen LogP contribution < -0.4 is 5.32 Å². The van der Waals surface area contributed by atoms with Crippen molar-refractivity contribution < 1.29 is 4.79 Å². The average molecular weight is 298 g/mol. The van der Waals surface area contributed by atoms with Crippen LogP contribution in [0.1, 0.15) is 27.3 Å². The number of aromatic nitrogens is 2. The molecule has 0 spiro atoms. The molecule has 0 saturated carbocycles. The summed E-state index contributed by atoms with van der Waals surface area (Å²) >= 11 is 12.2. The molecule has 0 bridgehead atoms. The van der Waals surface area contributed by atoms with Crippen LogP contribution in [0.15, 0.2) is 12.1 Å². The molecule has 1 aromatic carbocycles. The second kappa shape index (κ2) is 5.23. The van der Waals surface area contributed by atoms with Gasteiger partial charge in [-0.2, -0.15) is 5.10 Å². The zero-order valence-corrected chi connectivity index (χ0v) is 12.3. The molecule has 19 heavy (non-hydrogen) atoms. The average Bonchev–Trinajstić information content (AvgIpc) is 2.69. The van der Waals surface area contributed by atoms with Gasteiger partial charge in [-0.05, 0) is 32.4 Å². The van der Waals surface area contributed by atoms with Gasteiger partial charge in [0.1, 0.15) is 0 Å². The Morgan fingerprint density at radius 3 is 2.53 bits per heavy atom. The number of hydrogen-bond acceptors (Lipinski definition) is 2. The molecule has 1 aromatic heterocycles. The number of hydrogen-bond donors (Lipinski definition) is 2. The van der Waals surface area contributed by atoms with Gasteiger partial charge in [0.05, 0.1) is 27.0 Å². The highest BCUT2D eigenvalue weighted by Gasteiger charge is 2.18. The van der Waals surface area contributed by atoms with Gasteiger partial charge in [-0.25, -0.2) is 0 Å².